The van der Waals surface area contributed by atoms with E-state index in [1.165, 1.54) is 10.6 Å². The average molecular weight is 508 g/mol. The highest BCUT2D eigenvalue weighted by Crippen LogP contribution is 2.24. The topological polar surface area (TPSA) is 93.5 Å². The van der Waals surface area contributed by atoms with E-state index in [1.54, 1.807) is 32.0 Å². The van der Waals surface area contributed by atoms with Gasteiger partial charge in [-0.1, -0.05) is 6.07 Å². The molecule has 168 valence electrons. The van der Waals surface area contributed by atoms with Crippen LogP contribution in [0.1, 0.15) is 27.3 Å². The number of hydrogen-bond donors (Lipinski definition) is 2. The number of carbonyl (C=O) groups is 1. The van der Waals surface area contributed by atoms with Gasteiger partial charge >= 0.3 is 0 Å². The van der Waals surface area contributed by atoms with E-state index in [0.717, 1.165) is 17.7 Å². The van der Waals surface area contributed by atoms with Crippen LogP contribution in [-0.4, -0.2) is 33.7 Å². The molecule has 0 aliphatic heterocycles. The van der Waals surface area contributed by atoms with E-state index in [4.69, 9.17) is 9.84 Å². The number of nitrogens with one attached hydrogen (secondary N) is 1. The third-order valence-electron chi connectivity index (χ3n) is 4.65. The van der Waals surface area contributed by atoms with E-state index in [9.17, 15) is 18.4 Å². The fourth-order valence-electron chi connectivity index (χ4n) is 3.01. The van der Waals surface area contributed by atoms with Gasteiger partial charge in [-0.25, -0.2) is 8.78 Å². The summed E-state index contributed by atoms with van der Waals surface area (Å²) in [6.07, 6.45) is 0. The smallest absolute Gasteiger partial charge is 0.276 e. The molecule has 7 nitrogen and oxygen atoms in total. The Morgan fingerprint density at radius 2 is 1.97 bits per heavy atom. The normalized spacial score (nSPS) is 10.8. The first-order chi connectivity index (χ1) is 15.2. The van der Waals surface area contributed by atoms with Crippen LogP contribution in [0.15, 0.2) is 45.7 Å². The number of aliphatic hydroxyl groups excluding tert-OH is 1. The molecule has 0 saturated carbocycles. The largest absolute Gasteiger partial charge is 0.472 e. The van der Waals surface area contributed by atoms with Crippen LogP contribution in [0.5, 0.6) is 5.88 Å². The highest BCUT2D eigenvalue weighted by molar-refractivity contribution is 9.10. The molecule has 0 spiro atoms. The predicted octanol–water partition coefficient (Wildman–Crippen LogP) is 3.19. The molecule has 1 amide bonds. The van der Waals surface area contributed by atoms with E-state index in [-0.39, 0.29) is 47.4 Å². The lowest BCUT2D eigenvalue weighted by Crippen LogP contribution is -2.27. The Hall–Kier alpha value is -3.11. The maximum absolute atomic E-state index is 13.9. The number of benzene rings is 2. The number of ether oxygens (including phenoxy) is 1. The molecule has 1 heterocycles. The quantitative estimate of drug-likeness (QED) is 0.512. The number of rotatable bonds is 7. The summed E-state index contributed by atoms with van der Waals surface area (Å²) in [7, 11) is 0. The Morgan fingerprint density at radius 1 is 1.22 bits per heavy atom. The predicted molar refractivity (Wildman–Crippen MR) is 117 cm³/mol. The molecular formula is C22H20BrF2N3O4. The molecule has 0 radical (unpaired) electrons. The van der Waals surface area contributed by atoms with Crippen molar-refractivity contribution in [1.29, 1.82) is 0 Å². The highest BCUT2D eigenvalue weighted by Gasteiger charge is 2.18. The second-order valence-electron chi connectivity index (χ2n) is 6.92. The van der Waals surface area contributed by atoms with Crippen LogP contribution in [0.2, 0.25) is 0 Å². The second-order valence-corrected chi connectivity index (χ2v) is 7.72. The maximum atomic E-state index is 13.9. The average Bonchev–Trinajstić information content (AvgIpc) is 2.75. The molecule has 1 aromatic heterocycles. The first-order valence-corrected chi connectivity index (χ1v) is 10.4. The van der Waals surface area contributed by atoms with Crippen molar-refractivity contribution in [3.05, 3.63) is 85.4 Å². The van der Waals surface area contributed by atoms with Crippen LogP contribution in [-0.2, 0) is 6.61 Å². The van der Waals surface area contributed by atoms with Gasteiger partial charge in [-0.2, -0.15) is 4.98 Å². The van der Waals surface area contributed by atoms with Crippen LogP contribution in [0.4, 0.5) is 8.78 Å². The van der Waals surface area contributed by atoms with E-state index in [2.05, 4.69) is 26.2 Å². The van der Waals surface area contributed by atoms with Crippen molar-refractivity contribution in [2.24, 2.45) is 0 Å². The van der Waals surface area contributed by atoms with Gasteiger partial charge < -0.3 is 15.2 Å². The summed E-state index contributed by atoms with van der Waals surface area (Å²) in [5.74, 6) is -1.62. The molecule has 0 fully saturated rings. The lowest BCUT2D eigenvalue weighted by atomic mass is 10.1. The van der Waals surface area contributed by atoms with Crippen LogP contribution < -0.4 is 15.6 Å². The zero-order valence-corrected chi connectivity index (χ0v) is 18.9. The lowest BCUT2D eigenvalue weighted by Gasteiger charge is -2.16. The Balaban J connectivity index is 1.95. The van der Waals surface area contributed by atoms with Gasteiger partial charge in [0.15, 0.2) is 0 Å². The Bertz CT molecular complexity index is 1230. The summed E-state index contributed by atoms with van der Waals surface area (Å²) < 4.78 is 33.8. The number of amides is 1. The first kappa shape index (κ1) is 23.6. The van der Waals surface area contributed by atoms with Crippen LogP contribution >= 0.6 is 15.9 Å². The van der Waals surface area contributed by atoms with Crippen molar-refractivity contribution >= 4 is 21.8 Å². The Kier molecular flexibility index (Phi) is 7.37. The summed E-state index contributed by atoms with van der Waals surface area (Å²) in [4.78, 5) is 29.6. The highest BCUT2D eigenvalue weighted by atomic mass is 79.9. The summed E-state index contributed by atoms with van der Waals surface area (Å²) in [5.41, 5.74) is 1.12. The SMILES string of the molecule is Cc1ccc(C(=O)NCCO)cc1-n1c(C)nc(OCc2ccc(F)cc2F)c(Br)c1=O. The van der Waals surface area contributed by atoms with Gasteiger partial charge in [0.25, 0.3) is 11.5 Å². The molecule has 2 aromatic carbocycles. The maximum Gasteiger partial charge on any atom is 0.276 e. The van der Waals surface area contributed by atoms with E-state index < -0.39 is 17.2 Å². The summed E-state index contributed by atoms with van der Waals surface area (Å²) in [6.45, 7) is 3.04. The van der Waals surface area contributed by atoms with Crippen LogP contribution in [0, 0.1) is 25.5 Å². The number of halogens is 3. The number of aryl methyl sites for hydroxylation is 2. The van der Waals surface area contributed by atoms with Crippen LogP contribution in [0.25, 0.3) is 5.69 Å². The second kappa shape index (κ2) is 10.0. The molecule has 0 atom stereocenters. The van der Waals surface area contributed by atoms with Crippen molar-refractivity contribution in [2.75, 3.05) is 13.2 Å². The van der Waals surface area contributed by atoms with Crippen molar-refractivity contribution in [3.63, 3.8) is 0 Å². The monoisotopic (exact) mass is 507 g/mol. The van der Waals surface area contributed by atoms with E-state index in [1.807, 2.05) is 0 Å². The molecule has 0 saturated heterocycles. The number of aromatic nitrogens is 2. The number of carbonyl (C=O) groups excluding carboxylic acids is 1. The number of hydrogen-bond acceptors (Lipinski definition) is 5. The van der Waals surface area contributed by atoms with Gasteiger partial charge in [0, 0.05) is 23.7 Å². The zero-order valence-electron chi connectivity index (χ0n) is 17.3. The van der Waals surface area contributed by atoms with Gasteiger partial charge in [0.2, 0.25) is 5.88 Å². The summed E-state index contributed by atoms with van der Waals surface area (Å²) in [6, 6.07) is 7.98. The third-order valence-corrected chi connectivity index (χ3v) is 5.33. The number of nitrogens with zero attached hydrogens (tertiary/aromatic N) is 2. The molecule has 32 heavy (non-hydrogen) atoms. The number of aliphatic hydroxyl groups is 1. The first-order valence-electron chi connectivity index (χ1n) is 9.59. The van der Waals surface area contributed by atoms with E-state index >= 15 is 0 Å². The van der Waals surface area contributed by atoms with Crippen molar-refractivity contribution in [3.8, 4) is 11.6 Å². The van der Waals surface area contributed by atoms with E-state index in [0.29, 0.717) is 11.3 Å². The summed E-state index contributed by atoms with van der Waals surface area (Å²) in [5, 5.41) is 11.5. The molecule has 0 unspecified atom stereocenters. The molecule has 3 rings (SSSR count). The molecule has 0 aliphatic carbocycles. The molecule has 0 bridgehead atoms. The minimum absolute atomic E-state index is 0.0140. The van der Waals surface area contributed by atoms with Gasteiger partial charge in [-0.3, -0.25) is 14.2 Å². The van der Waals surface area contributed by atoms with Gasteiger partial charge in [0.05, 0.1) is 12.3 Å². The van der Waals surface area contributed by atoms with Crippen LogP contribution in [0.3, 0.4) is 0 Å². The third kappa shape index (κ3) is 5.03. The van der Waals surface area contributed by atoms with Crippen molar-refractivity contribution < 1.29 is 23.4 Å². The van der Waals surface area contributed by atoms with Gasteiger partial charge in [0.1, 0.15) is 28.5 Å². The fraction of sp³-hybridized carbons (Fsp3) is 0.227. The Labute approximate surface area is 190 Å². The molecular weight excluding hydrogens is 488 g/mol. The van der Waals surface area contributed by atoms with Crippen molar-refractivity contribution in [2.45, 2.75) is 20.5 Å². The van der Waals surface area contributed by atoms with Gasteiger partial charge in [-0.15, -0.1) is 0 Å². The fourth-order valence-corrected chi connectivity index (χ4v) is 3.39. The minimum Gasteiger partial charge on any atom is -0.472 e. The standard InChI is InChI=1S/C22H20BrF2N3O4/c1-12-3-4-14(20(30)26-7-8-29)9-18(12)28-13(2)27-21(19(23)22(28)31)32-11-15-5-6-16(24)10-17(15)25/h3-6,9-10,29H,7-8,11H2,1-2H3,(H,26,30). The zero-order chi connectivity index (χ0) is 23.4. The molecule has 10 heteroatoms. The lowest BCUT2D eigenvalue weighted by molar-refractivity contribution is 0.0944. The summed E-state index contributed by atoms with van der Waals surface area (Å²) >= 11 is 3.19. The molecule has 0 aliphatic rings. The minimum atomic E-state index is -0.766. The van der Waals surface area contributed by atoms with Gasteiger partial charge in [-0.05, 0) is 59.6 Å². The van der Waals surface area contributed by atoms with Crippen molar-refractivity contribution in [1.82, 2.24) is 14.9 Å². The molecule has 3 aromatic rings. The Morgan fingerprint density at radius 3 is 2.66 bits per heavy atom. The molecule has 2 N–H and O–H groups in total.